The minimum Gasteiger partial charge on any atom is -0.384 e. The molecule has 2 N–H and O–H groups in total. The molecule has 1 fully saturated rings. The lowest BCUT2D eigenvalue weighted by Gasteiger charge is -2.37. The van der Waals surface area contributed by atoms with Gasteiger partial charge in [0.25, 0.3) is 5.91 Å². The van der Waals surface area contributed by atoms with Gasteiger partial charge in [-0.25, -0.2) is 4.98 Å². The molecule has 7 nitrogen and oxygen atoms in total. The number of hydrogen-bond donors (Lipinski definition) is 2. The molecule has 1 aliphatic rings. The SMILES string of the molecule is COCC1(CNC(=O)c2cc(C)nc3c2cnn3C)CCNCC1. The summed E-state index contributed by atoms with van der Waals surface area (Å²) >= 11 is 0. The van der Waals surface area contributed by atoms with Gasteiger partial charge < -0.3 is 15.4 Å². The van der Waals surface area contributed by atoms with E-state index in [0.717, 1.165) is 42.7 Å². The Morgan fingerprint density at radius 3 is 2.92 bits per heavy atom. The minimum atomic E-state index is -0.0764. The van der Waals surface area contributed by atoms with Crippen LogP contribution in [0, 0.1) is 12.3 Å². The van der Waals surface area contributed by atoms with Gasteiger partial charge in [-0.2, -0.15) is 5.10 Å². The topological polar surface area (TPSA) is 81.1 Å². The summed E-state index contributed by atoms with van der Waals surface area (Å²) in [5.74, 6) is -0.0764. The number of fused-ring (bicyclic) bond motifs is 1. The molecule has 0 aliphatic carbocycles. The predicted octanol–water partition coefficient (Wildman–Crippen LogP) is 1.02. The molecule has 2 aromatic heterocycles. The van der Waals surface area contributed by atoms with Gasteiger partial charge >= 0.3 is 0 Å². The van der Waals surface area contributed by atoms with Crippen LogP contribution in [0.5, 0.6) is 0 Å². The summed E-state index contributed by atoms with van der Waals surface area (Å²) in [7, 11) is 3.55. The van der Waals surface area contributed by atoms with Crippen molar-refractivity contribution in [2.75, 3.05) is 33.4 Å². The number of aryl methyl sites for hydroxylation is 2. The number of nitrogens with one attached hydrogen (secondary N) is 2. The molecule has 0 saturated carbocycles. The fourth-order valence-corrected chi connectivity index (χ4v) is 3.43. The molecule has 0 radical (unpaired) electrons. The average molecular weight is 331 g/mol. The van der Waals surface area contributed by atoms with Crippen molar-refractivity contribution < 1.29 is 9.53 Å². The van der Waals surface area contributed by atoms with E-state index in [1.165, 1.54) is 0 Å². The molecule has 0 atom stereocenters. The fourth-order valence-electron chi connectivity index (χ4n) is 3.43. The highest BCUT2D eigenvalue weighted by Crippen LogP contribution is 2.28. The molecule has 24 heavy (non-hydrogen) atoms. The number of ether oxygens (including phenoxy) is 1. The quantitative estimate of drug-likeness (QED) is 0.855. The van der Waals surface area contributed by atoms with E-state index in [-0.39, 0.29) is 11.3 Å². The van der Waals surface area contributed by atoms with Gasteiger partial charge in [-0.15, -0.1) is 0 Å². The van der Waals surface area contributed by atoms with Crippen LogP contribution in [0.4, 0.5) is 0 Å². The molecule has 0 spiro atoms. The number of amides is 1. The van der Waals surface area contributed by atoms with Gasteiger partial charge in [0.2, 0.25) is 0 Å². The van der Waals surface area contributed by atoms with Crippen molar-refractivity contribution in [3.05, 3.63) is 23.5 Å². The number of hydrogen-bond acceptors (Lipinski definition) is 5. The molecule has 0 bridgehead atoms. The Morgan fingerprint density at radius 2 is 2.21 bits per heavy atom. The zero-order valence-corrected chi connectivity index (χ0v) is 14.6. The molecule has 3 rings (SSSR count). The van der Waals surface area contributed by atoms with Crippen LogP contribution in [0.3, 0.4) is 0 Å². The second-order valence-corrected chi connectivity index (χ2v) is 6.68. The molecule has 0 aromatic carbocycles. The largest absolute Gasteiger partial charge is 0.384 e. The van der Waals surface area contributed by atoms with Gasteiger partial charge in [0.1, 0.15) is 0 Å². The summed E-state index contributed by atoms with van der Waals surface area (Å²) in [5, 5.41) is 11.5. The summed E-state index contributed by atoms with van der Waals surface area (Å²) in [4.78, 5) is 17.2. The van der Waals surface area contributed by atoms with E-state index >= 15 is 0 Å². The fraction of sp³-hybridized carbons (Fsp3) is 0.588. The highest BCUT2D eigenvalue weighted by Gasteiger charge is 2.32. The Labute approximate surface area is 141 Å². The van der Waals surface area contributed by atoms with Crippen LogP contribution in [0.15, 0.2) is 12.3 Å². The van der Waals surface area contributed by atoms with E-state index in [2.05, 4.69) is 20.7 Å². The van der Waals surface area contributed by atoms with Crippen molar-refractivity contribution in [3.8, 4) is 0 Å². The van der Waals surface area contributed by atoms with Crippen molar-refractivity contribution in [3.63, 3.8) is 0 Å². The monoisotopic (exact) mass is 331 g/mol. The van der Waals surface area contributed by atoms with Crippen molar-refractivity contribution in [1.82, 2.24) is 25.4 Å². The van der Waals surface area contributed by atoms with Crippen LogP contribution in [0.25, 0.3) is 11.0 Å². The Balaban J connectivity index is 1.80. The van der Waals surface area contributed by atoms with Gasteiger partial charge in [0.15, 0.2) is 5.65 Å². The first-order chi connectivity index (χ1) is 11.5. The maximum absolute atomic E-state index is 12.8. The van der Waals surface area contributed by atoms with E-state index in [1.54, 1.807) is 18.0 Å². The van der Waals surface area contributed by atoms with E-state index in [9.17, 15) is 4.79 Å². The highest BCUT2D eigenvalue weighted by atomic mass is 16.5. The lowest BCUT2D eigenvalue weighted by molar-refractivity contribution is 0.0512. The van der Waals surface area contributed by atoms with E-state index in [4.69, 9.17) is 4.74 Å². The van der Waals surface area contributed by atoms with Crippen molar-refractivity contribution in [1.29, 1.82) is 0 Å². The van der Waals surface area contributed by atoms with Gasteiger partial charge in [0, 0.05) is 31.8 Å². The standard InChI is InChI=1S/C17H25N5O2/c1-12-8-13(14-9-20-22(2)15(14)21-12)16(23)19-10-17(11-24-3)4-6-18-7-5-17/h8-9,18H,4-7,10-11H2,1-3H3,(H,19,23). The Bertz CT molecular complexity index is 728. The first-order valence-corrected chi connectivity index (χ1v) is 8.32. The molecule has 130 valence electrons. The molecule has 0 unspecified atom stereocenters. The molecule has 1 aliphatic heterocycles. The predicted molar refractivity (Wildman–Crippen MR) is 92.0 cm³/mol. The summed E-state index contributed by atoms with van der Waals surface area (Å²) in [6.07, 6.45) is 3.70. The molecular formula is C17H25N5O2. The maximum atomic E-state index is 12.8. The van der Waals surface area contributed by atoms with E-state index in [0.29, 0.717) is 18.7 Å². The lowest BCUT2D eigenvalue weighted by atomic mass is 9.79. The summed E-state index contributed by atoms with van der Waals surface area (Å²) in [6, 6.07) is 1.82. The first kappa shape index (κ1) is 16.9. The Morgan fingerprint density at radius 1 is 1.46 bits per heavy atom. The number of nitrogens with zero attached hydrogens (tertiary/aromatic N) is 3. The third kappa shape index (κ3) is 3.27. The number of piperidine rings is 1. The normalized spacial score (nSPS) is 17.1. The lowest BCUT2D eigenvalue weighted by Crippen LogP contribution is -2.47. The Hall–Kier alpha value is -1.99. The van der Waals surface area contributed by atoms with Crippen LogP contribution in [-0.2, 0) is 11.8 Å². The Kier molecular flexibility index (Phi) is 4.82. The molecule has 1 saturated heterocycles. The summed E-state index contributed by atoms with van der Waals surface area (Å²) < 4.78 is 7.11. The van der Waals surface area contributed by atoms with Gasteiger partial charge in [-0.1, -0.05) is 0 Å². The molecule has 7 heteroatoms. The van der Waals surface area contributed by atoms with Crippen LogP contribution in [0.2, 0.25) is 0 Å². The minimum absolute atomic E-state index is 0.00574. The molecule has 1 amide bonds. The van der Waals surface area contributed by atoms with Gasteiger partial charge in [-0.3, -0.25) is 9.48 Å². The first-order valence-electron chi connectivity index (χ1n) is 8.32. The third-order valence-electron chi connectivity index (χ3n) is 4.82. The molecule has 3 heterocycles. The van der Waals surface area contributed by atoms with Crippen LogP contribution in [-0.4, -0.2) is 54.0 Å². The van der Waals surface area contributed by atoms with Gasteiger partial charge in [-0.05, 0) is 38.9 Å². The molecule has 2 aromatic rings. The van der Waals surface area contributed by atoms with Gasteiger partial charge in [0.05, 0.1) is 23.8 Å². The van der Waals surface area contributed by atoms with E-state index in [1.807, 2.05) is 20.0 Å². The highest BCUT2D eigenvalue weighted by molar-refractivity contribution is 6.05. The number of pyridine rings is 1. The summed E-state index contributed by atoms with van der Waals surface area (Å²) in [6.45, 7) is 5.08. The second-order valence-electron chi connectivity index (χ2n) is 6.68. The number of carbonyl (C=O) groups is 1. The number of aromatic nitrogens is 3. The zero-order chi connectivity index (χ0) is 17.2. The zero-order valence-electron chi connectivity index (χ0n) is 14.6. The van der Waals surface area contributed by atoms with Crippen molar-refractivity contribution in [2.24, 2.45) is 12.5 Å². The number of rotatable bonds is 5. The van der Waals surface area contributed by atoms with Crippen molar-refractivity contribution >= 4 is 16.9 Å². The third-order valence-corrected chi connectivity index (χ3v) is 4.82. The maximum Gasteiger partial charge on any atom is 0.252 e. The van der Waals surface area contributed by atoms with Crippen LogP contribution in [0.1, 0.15) is 28.9 Å². The molecular weight excluding hydrogens is 306 g/mol. The number of methoxy groups -OCH3 is 1. The smallest absolute Gasteiger partial charge is 0.252 e. The van der Waals surface area contributed by atoms with Crippen LogP contribution < -0.4 is 10.6 Å². The van der Waals surface area contributed by atoms with Crippen molar-refractivity contribution in [2.45, 2.75) is 19.8 Å². The second kappa shape index (κ2) is 6.86. The number of carbonyl (C=O) groups excluding carboxylic acids is 1. The average Bonchev–Trinajstić information content (AvgIpc) is 2.94. The summed E-state index contributed by atoms with van der Waals surface area (Å²) in [5.41, 5.74) is 2.18. The van der Waals surface area contributed by atoms with Crippen LogP contribution >= 0.6 is 0 Å². The van der Waals surface area contributed by atoms with E-state index < -0.39 is 0 Å².